The molecule has 3 atom stereocenters. The molecule has 8 nitrogen and oxygen atoms in total. The Balaban J connectivity index is 0.000000706. The molecule has 2 aromatic rings. The predicted molar refractivity (Wildman–Crippen MR) is 99.7 cm³/mol. The van der Waals surface area contributed by atoms with Gasteiger partial charge in [-0.25, -0.2) is 4.98 Å². The molecular weight excluding hydrogens is 362 g/mol. The van der Waals surface area contributed by atoms with Crippen LogP contribution in [-0.2, 0) is 23.1 Å². The molecule has 2 fully saturated rings. The lowest BCUT2D eigenvalue weighted by molar-refractivity contribution is -0.150. The average molecular weight is 385 g/mol. The van der Waals surface area contributed by atoms with Gasteiger partial charge in [-0.3, -0.25) is 14.4 Å². The van der Waals surface area contributed by atoms with Crippen LogP contribution in [-0.4, -0.2) is 55.1 Å². The lowest BCUT2D eigenvalue weighted by Gasteiger charge is -2.33. The number of carboxylic acid groups (broad SMARTS) is 2. The maximum absolute atomic E-state index is 13.0. The number of carbonyl (C=O) groups excluding carboxylic acids is 1. The third-order valence-electron chi connectivity index (χ3n) is 5.80. The summed E-state index contributed by atoms with van der Waals surface area (Å²) < 4.78 is 1.69. The summed E-state index contributed by atoms with van der Waals surface area (Å²) in [5, 5.41) is 17.0. The van der Waals surface area contributed by atoms with Gasteiger partial charge in [-0.2, -0.15) is 0 Å². The monoisotopic (exact) mass is 385 g/mol. The van der Waals surface area contributed by atoms with Crippen molar-refractivity contribution in [2.45, 2.75) is 37.8 Å². The highest BCUT2D eigenvalue weighted by atomic mass is 16.4. The van der Waals surface area contributed by atoms with Gasteiger partial charge < -0.3 is 19.7 Å². The summed E-state index contributed by atoms with van der Waals surface area (Å²) in [7, 11) is 1.78. The van der Waals surface area contributed by atoms with Crippen LogP contribution < -0.4 is 0 Å². The van der Waals surface area contributed by atoms with Crippen LogP contribution in [0.1, 0.15) is 35.3 Å². The number of benzene rings is 1. The van der Waals surface area contributed by atoms with Crippen LogP contribution in [0.25, 0.3) is 0 Å². The molecular formula is C20H23N3O5. The second-order valence-corrected chi connectivity index (χ2v) is 7.28. The van der Waals surface area contributed by atoms with Crippen molar-refractivity contribution < 1.29 is 24.6 Å². The van der Waals surface area contributed by atoms with Crippen molar-refractivity contribution in [2.24, 2.45) is 12.5 Å². The lowest BCUT2D eigenvalue weighted by atomic mass is 9.70. The zero-order valence-electron chi connectivity index (χ0n) is 15.6. The number of hydrogen-bond acceptors (Lipinski definition) is 4. The summed E-state index contributed by atoms with van der Waals surface area (Å²) >= 11 is 0. The molecule has 8 heteroatoms. The van der Waals surface area contributed by atoms with E-state index in [2.05, 4.69) is 4.98 Å². The number of hydrogen-bond donors (Lipinski definition) is 2. The number of carboxylic acids is 1. The normalized spacial score (nSPS) is 25.1. The van der Waals surface area contributed by atoms with Crippen molar-refractivity contribution in [3.8, 4) is 0 Å². The number of aliphatic carboxylic acids is 1. The molecule has 0 unspecified atom stereocenters. The maximum Gasteiger partial charge on any atom is 0.312 e. The highest BCUT2D eigenvalue weighted by Gasteiger charge is 2.61. The molecule has 1 amide bonds. The van der Waals surface area contributed by atoms with Crippen molar-refractivity contribution in [1.82, 2.24) is 14.5 Å². The quantitative estimate of drug-likeness (QED) is 0.776. The van der Waals surface area contributed by atoms with Crippen LogP contribution in [0.4, 0.5) is 0 Å². The summed E-state index contributed by atoms with van der Waals surface area (Å²) in [4.78, 5) is 39.5. The van der Waals surface area contributed by atoms with E-state index >= 15 is 0 Å². The molecule has 2 bridgehead atoms. The Kier molecular flexibility index (Phi) is 5.48. The minimum Gasteiger partial charge on any atom is -0.483 e. The van der Waals surface area contributed by atoms with Gasteiger partial charge in [0, 0.05) is 19.1 Å². The summed E-state index contributed by atoms with van der Waals surface area (Å²) in [5.41, 5.74) is 0.613. The number of nitrogens with zero attached hydrogens (tertiary/aromatic N) is 3. The second kappa shape index (κ2) is 7.84. The number of amides is 1. The standard InChI is InChI=1S/C19H21N3O3.CH2O2/c1-21-12-20-11-15(21)17(23)22-14-7-8-16(22)19(10-14,18(24)25)9-13-5-3-2-4-6-13;2-1-3/h2-6,11-12,14,16H,7-10H2,1H3,(H,24,25);1H,(H,2,3)/t14-,16+,19+;/m0./s1. The molecule has 28 heavy (non-hydrogen) atoms. The molecule has 2 aliphatic rings. The Morgan fingerprint density at radius 2 is 1.96 bits per heavy atom. The topological polar surface area (TPSA) is 113 Å². The molecule has 4 rings (SSSR count). The number of aromatic nitrogens is 2. The van der Waals surface area contributed by atoms with E-state index in [-0.39, 0.29) is 24.5 Å². The fourth-order valence-corrected chi connectivity index (χ4v) is 4.64. The van der Waals surface area contributed by atoms with Gasteiger partial charge in [-0.05, 0) is 31.2 Å². The van der Waals surface area contributed by atoms with E-state index in [0.29, 0.717) is 18.5 Å². The fourth-order valence-electron chi connectivity index (χ4n) is 4.64. The number of fused-ring (bicyclic) bond motifs is 2. The molecule has 3 heterocycles. The Labute approximate surface area is 162 Å². The zero-order valence-corrected chi connectivity index (χ0v) is 15.6. The van der Waals surface area contributed by atoms with E-state index in [1.165, 1.54) is 0 Å². The van der Waals surface area contributed by atoms with Crippen LogP contribution in [0.3, 0.4) is 0 Å². The van der Waals surface area contributed by atoms with Crippen LogP contribution >= 0.6 is 0 Å². The Morgan fingerprint density at radius 1 is 1.29 bits per heavy atom. The minimum atomic E-state index is -0.904. The maximum atomic E-state index is 13.0. The van der Waals surface area contributed by atoms with E-state index in [1.54, 1.807) is 24.1 Å². The molecule has 0 aliphatic carbocycles. The first kappa shape index (κ1) is 19.6. The first-order valence-electron chi connectivity index (χ1n) is 9.08. The predicted octanol–water partition coefficient (Wildman–Crippen LogP) is 1.81. The number of carbonyl (C=O) groups is 3. The van der Waals surface area contributed by atoms with Crippen LogP contribution in [0.15, 0.2) is 42.9 Å². The van der Waals surface area contributed by atoms with E-state index in [4.69, 9.17) is 9.90 Å². The van der Waals surface area contributed by atoms with E-state index in [9.17, 15) is 14.7 Å². The largest absolute Gasteiger partial charge is 0.483 e. The molecule has 1 aromatic heterocycles. The third-order valence-corrected chi connectivity index (χ3v) is 5.80. The first-order valence-corrected chi connectivity index (χ1v) is 9.08. The van der Waals surface area contributed by atoms with Gasteiger partial charge in [0.1, 0.15) is 5.69 Å². The Bertz CT molecular complexity index is 866. The third kappa shape index (κ3) is 3.26. The van der Waals surface area contributed by atoms with Crippen LogP contribution in [0.5, 0.6) is 0 Å². The number of imidazole rings is 1. The number of rotatable bonds is 4. The lowest BCUT2D eigenvalue weighted by Crippen LogP contribution is -2.46. The molecule has 2 aliphatic heterocycles. The number of aryl methyl sites for hydroxylation is 1. The summed E-state index contributed by atoms with van der Waals surface area (Å²) in [5.74, 6) is -0.907. The Morgan fingerprint density at radius 3 is 2.54 bits per heavy atom. The second-order valence-electron chi connectivity index (χ2n) is 7.28. The molecule has 148 valence electrons. The van der Waals surface area contributed by atoms with Crippen LogP contribution in [0, 0.1) is 5.41 Å². The molecule has 0 saturated carbocycles. The minimum absolute atomic E-state index is 0.00721. The molecule has 0 radical (unpaired) electrons. The highest BCUT2D eigenvalue weighted by Crippen LogP contribution is 2.52. The molecule has 1 aromatic carbocycles. The van der Waals surface area contributed by atoms with Gasteiger partial charge in [0.2, 0.25) is 0 Å². The van der Waals surface area contributed by atoms with Gasteiger partial charge in [-0.15, -0.1) is 0 Å². The molecule has 2 saturated heterocycles. The molecule has 0 spiro atoms. The van der Waals surface area contributed by atoms with Crippen molar-refractivity contribution in [1.29, 1.82) is 0 Å². The van der Waals surface area contributed by atoms with E-state index < -0.39 is 11.4 Å². The SMILES string of the molecule is Cn1cncc1C(=O)N1[C@H]2CC[C@@H]1[C@](Cc1ccccc1)(C(=O)O)C2.O=CO. The smallest absolute Gasteiger partial charge is 0.312 e. The average Bonchev–Trinajstić information content (AvgIpc) is 3.36. The summed E-state index contributed by atoms with van der Waals surface area (Å²) in [6, 6.07) is 9.43. The fraction of sp³-hybridized carbons (Fsp3) is 0.400. The van der Waals surface area contributed by atoms with E-state index in [0.717, 1.165) is 18.4 Å². The highest BCUT2D eigenvalue weighted by molar-refractivity contribution is 5.94. The van der Waals surface area contributed by atoms with E-state index in [1.807, 2.05) is 35.2 Å². The van der Waals surface area contributed by atoms with Gasteiger partial charge in [0.25, 0.3) is 12.4 Å². The van der Waals surface area contributed by atoms with Crippen molar-refractivity contribution in [2.75, 3.05) is 0 Å². The Hall–Kier alpha value is -3.16. The van der Waals surface area contributed by atoms with Gasteiger partial charge in [-0.1, -0.05) is 30.3 Å². The van der Waals surface area contributed by atoms with Gasteiger partial charge in [0.15, 0.2) is 0 Å². The first-order chi connectivity index (χ1) is 13.4. The molecule has 2 N–H and O–H groups in total. The van der Waals surface area contributed by atoms with Gasteiger partial charge >= 0.3 is 5.97 Å². The summed E-state index contributed by atoms with van der Waals surface area (Å²) in [6.45, 7) is -0.250. The van der Waals surface area contributed by atoms with Crippen molar-refractivity contribution in [3.05, 3.63) is 54.1 Å². The zero-order chi connectivity index (χ0) is 20.3. The van der Waals surface area contributed by atoms with Crippen LogP contribution in [0.2, 0.25) is 0 Å². The summed E-state index contributed by atoms with van der Waals surface area (Å²) in [6.07, 6.45) is 5.75. The van der Waals surface area contributed by atoms with Gasteiger partial charge in [0.05, 0.1) is 17.9 Å². The van der Waals surface area contributed by atoms with Crippen molar-refractivity contribution in [3.63, 3.8) is 0 Å². The van der Waals surface area contributed by atoms with Crippen molar-refractivity contribution >= 4 is 18.3 Å².